The van der Waals surface area contributed by atoms with E-state index in [2.05, 4.69) is 0 Å². The first kappa shape index (κ1) is 26.0. The van der Waals surface area contributed by atoms with Gasteiger partial charge in [-0.1, -0.05) is 6.42 Å². The van der Waals surface area contributed by atoms with Crippen LogP contribution in [0, 0.1) is 5.92 Å². The molecule has 1 aromatic rings. The molecule has 2 heterocycles. The van der Waals surface area contributed by atoms with Crippen molar-refractivity contribution in [3.63, 3.8) is 0 Å². The number of amides is 1. The van der Waals surface area contributed by atoms with Gasteiger partial charge in [-0.2, -0.15) is 4.31 Å². The third-order valence-corrected chi connectivity index (χ3v) is 8.47. The van der Waals surface area contributed by atoms with Crippen LogP contribution in [0.25, 0.3) is 0 Å². The summed E-state index contributed by atoms with van der Waals surface area (Å²) in [5, 5.41) is 0. The molecule has 11 heteroatoms. The number of carbonyl (C=O) groups excluding carboxylic acids is 3. The molecule has 2 fully saturated rings. The fraction of sp³-hybridized carbons (Fsp3) is 0.609. The fourth-order valence-corrected chi connectivity index (χ4v) is 6.28. The predicted octanol–water partition coefficient (Wildman–Crippen LogP) is 1.83. The summed E-state index contributed by atoms with van der Waals surface area (Å²) >= 11 is 0. The summed E-state index contributed by atoms with van der Waals surface area (Å²) in [4.78, 5) is 38.1. The van der Waals surface area contributed by atoms with Gasteiger partial charge < -0.3 is 19.1 Å². The first-order valence-corrected chi connectivity index (χ1v) is 12.9. The Morgan fingerprint density at radius 2 is 1.74 bits per heavy atom. The van der Waals surface area contributed by atoms with Crippen LogP contribution < -0.4 is 4.74 Å². The van der Waals surface area contributed by atoms with E-state index in [1.54, 1.807) is 0 Å². The molecule has 0 spiro atoms. The summed E-state index contributed by atoms with van der Waals surface area (Å²) in [6.07, 6.45) is 3.47. The Balaban J connectivity index is 1.66. The zero-order chi connectivity index (χ0) is 24.9. The molecule has 0 saturated carbocycles. The minimum Gasteiger partial charge on any atom is -0.495 e. The summed E-state index contributed by atoms with van der Waals surface area (Å²) in [5.74, 6) is -1.57. The number of piperidine rings is 2. The minimum atomic E-state index is -3.89. The first-order valence-electron chi connectivity index (χ1n) is 11.4. The molecule has 2 saturated heterocycles. The fourth-order valence-electron chi connectivity index (χ4n) is 4.39. The highest BCUT2D eigenvalue weighted by Gasteiger charge is 2.34. The lowest BCUT2D eigenvalue weighted by atomic mass is 9.97. The topological polar surface area (TPSA) is 120 Å². The average Bonchev–Trinajstić information content (AvgIpc) is 2.86. The van der Waals surface area contributed by atoms with Crippen molar-refractivity contribution in [3.05, 3.63) is 23.8 Å². The summed E-state index contributed by atoms with van der Waals surface area (Å²) < 4.78 is 43.2. The number of likely N-dealkylation sites (tertiary alicyclic amines) is 1. The molecule has 2 aliphatic rings. The zero-order valence-electron chi connectivity index (χ0n) is 19.8. The van der Waals surface area contributed by atoms with Crippen LogP contribution in [0.15, 0.2) is 23.1 Å². The molecule has 1 unspecified atom stereocenters. The third kappa shape index (κ3) is 5.69. The molecule has 0 N–H and O–H groups in total. The lowest BCUT2D eigenvalue weighted by Crippen LogP contribution is -2.42. The highest BCUT2D eigenvalue weighted by molar-refractivity contribution is 7.89. The number of benzene rings is 1. The predicted molar refractivity (Wildman–Crippen MR) is 122 cm³/mol. The van der Waals surface area contributed by atoms with Gasteiger partial charge in [0.15, 0.2) is 6.61 Å². The van der Waals surface area contributed by atoms with Crippen molar-refractivity contribution in [2.45, 2.75) is 50.0 Å². The number of carbonyl (C=O) groups is 3. The van der Waals surface area contributed by atoms with Gasteiger partial charge in [-0.25, -0.2) is 13.2 Å². The van der Waals surface area contributed by atoms with Crippen LogP contribution in [0.5, 0.6) is 5.75 Å². The number of nitrogens with zero attached hydrogens (tertiary/aromatic N) is 2. The number of ether oxygens (including phenoxy) is 3. The van der Waals surface area contributed by atoms with Gasteiger partial charge in [0.1, 0.15) is 10.6 Å². The van der Waals surface area contributed by atoms with Gasteiger partial charge in [0.05, 0.1) is 25.7 Å². The SMILES string of the molecule is COC(=O)C1CCN(C(=O)COC(=O)c2ccc(OC)c(S(=O)(=O)N3CCCCC3C)c2)CC1. The Kier molecular flexibility index (Phi) is 8.53. The quantitative estimate of drug-likeness (QED) is 0.525. The first-order chi connectivity index (χ1) is 16.2. The summed E-state index contributed by atoms with van der Waals surface area (Å²) in [7, 11) is -1.18. The van der Waals surface area contributed by atoms with Gasteiger partial charge in [-0.3, -0.25) is 9.59 Å². The maximum atomic E-state index is 13.3. The van der Waals surface area contributed by atoms with Crippen molar-refractivity contribution < 1.29 is 37.0 Å². The van der Waals surface area contributed by atoms with E-state index in [0.717, 1.165) is 19.3 Å². The van der Waals surface area contributed by atoms with Crippen LogP contribution in [0.1, 0.15) is 49.4 Å². The minimum absolute atomic E-state index is 0.0150. The second-order valence-electron chi connectivity index (χ2n) is 8.58. The molecule has 0 radical (unpaired) electrons. The van der Waals surface area contributed by atoms with Gasteiger partial charge >= 0.3 is 11.9 Å². The van der Waals surface area contributed by atoms with Crippen molar-refractivity contribution in [1.29, 1.82) is 0 Å². The summed E-state index contributed by atoms with van der Waals surface area (Å²) in [5.41, 5.74) is 0.0150. The van der Waals surface area contributed by atoms with Crippen molar-refractivity contribution >= 4 is 27.9 Å². The van der Waals surface area contributed by atoms with Crippen molar-refractivity contribution in [2.75, 3.05) is 40.5 Å². The standard InChI is InChI=1S/C23H32N2O8S/c1-16-6-4-5-11-25(16)34(29,30)20-14-18(7-8-19(20)31-2)23(28)33-15-21(26)24-12-9-17(10-13-24)22(27)32-3/h7-8,14,16-17H,4-6,9-13,15H2,1-3H3. The molecule has 1 amide bonds. The number of hydrogen-bond donors (Lipinski definition) is 0. The van der Waals surface area contributed by atoms with E-state index >= 15 is 0 Å². The highest BCUT2D eigenvalue weighted by atomic mass is 32.2. The molecule has 10 nitrogen and oxygen atoms in total. The Morgan fingerprint density at radius 3 is 2.35 bits per heavy atom. The van der Waals surface area contributed by atoms with E-state index in [0.29, 0.717) is 32.5 Å². The van der Waals surface area contributed by atoms with Crippen LogP contribution in [-0.4, -0.2) is 82.0 Å². The Labute approximate surface area is 200 Å². The molecule has 188 valence electrons. The highest BCUT2D eigenvalue weighted by Crippen LogP contribution is 2.32. The molecule has 0 aromatic heterocycles. The number of hydrogen-bond acceptors (Lipinski definition) is 8. The van der Waals surface area contributed by atoms with Crippen LogP contribution in [0.4, 0.5) is 0 Å². The van der Waals surface area contributed by atoms with Gasteiger partial charge in [0.2, 0.25) is 10.0 Å². The monoisotopic (exact) mass is 496 g/mol. The third-order valence-electron chi connectivity index (χ3n) is 6.44. The number of esters is 2. The molecule has 2 aliphatic heterocycles. The summed E-state index contributed by atoms with van der Waals surface area (Å²) in [6.45, 7) is 2.53. The van der Waals surface area contributed by atoms with Crippen molar-refractivity contribution in [1.82, 2.24) is 9.21 Å². The molecule has 0 bridgehead atoms. The smallest absolute Gasteiger partial charge is 0.338 e. The number of sulfonamides is 1. The van der Waals surface area contributed by atoms with E-state index in [-0.39, 0.29) is 40.0 Å². The molecular weight excluding hydrogens is 464 g/mol. The second kappa shape index (κ2) is 11.2. The van der Waals surface area contributed by atoms with Gasteiger partial charge in [0.25, 0.3) is 5.91 Å². The lowest BCUT2D eigenvalue weighted by Gasteiger charge is -2.32. The van der Waals surface area contributed by atoms with E-state index in [1.807, 2.05) is 6.92 Å². The Bertz CT molecular complexity index is 1020. The zero-order valence-corrected chi connectivity index (χ0v) is 20.6. The van der Waals surface area contributed by atoms with Crippen LogP contribution in [0.3, 0.4) is 0 Å². The molecule has 34 heavy (non-hydrogen) atoms. The van der Waals surface area contributed by atoms with E-state index in [4.69, 9.17) is 14.2 Å². The summed E-state index contributed by atoms with van der Waals surface area (Å²) in [6, 6.07) is 3.91. The van der Waals surface area contributed by atoms with Gasteiger partial charge in [-0.15, -0.1) is 0 Å². The Morgan fingerprint density at radius 1 is 1.03 bits per heavy atom. The molecule has 0 aliphatic carbocycles. The second-order valence-corrected chi connectivity index (χ2v) is 10.4. The van der Waals surface area contributed by atoms with Crippen LogP contribution in [-0.2, 0) is 29.1 Å². The normalized spacial score (nSPS) is 20.0. The maximum absolute atomic E-state index is 13.3. The molecular formula is C23H32N2O8S. The number of rotatable bonds is 7. The lowest BCUT2D eigenvalue weighted by molar-refractivity contribution is -0.149. The van der Waals surface area contributed by atoms with Crippen LogP contribution in [0.2, 0.25) is 0 Å². The molecule has 1 aromatic carbocycles. The van der Waals surface area contributed by atoms with E-state index in [9.17, 15) is 22.8 Å². The van der Waals surface area contributed by atoms with Crippen molar-refractivity contribution in [2.24, 2.45) is 5.92 Å². The van der Waals surface area contributed by atoms with E-state index in [1.165, 1.54) is 41.6 Å². The van der Waals surface area contributed by atoms with Crippen LogP contribution >= 0.6 is 0 Å². The maximum Gasteiger partial charge on any atom is 0.338 e. The Hall–Kier alpha value is -2.66. The largest absolute Gasteiger partial charge is 0.495 e. The molecule has 3 rings (SSSR count). The molecule has 1 atom stereocenters. The number of methoxy groups -OCH3 is 2. The van der Waals surface area contributed by atoms with E-state index < -0.39 is 22.6 Å². The van der Waals surface area contributed by atoms with Gasteiger partial charge in [-0.05, 0) is 50.8 Å². The van der Waals surface area contributed by atoms with Crippen molar-refractivity contribution in [3.8, 4) is 5.75 Å². The average molecular weight is 497 g/mol. The van der Waals surface area contributed by atoms with Gasteiger partial charge in [0, 0.05) is 25.7 Å².